The van der Waals surface area contributed by atoms with Crippen molar-refractivity contribution >= 4 is 5.91 Å². The van der Waals surface area contributed by atoms with Crippen molar-refractivity contribution in [2.45, 2.75) is 19.4 Å². The molecule has 5 heteroatoms. The number of hydrogen-bond acceptors (Lipinski definition) is 4. The Morgan fingerprint density at radius 1 is 1.18 bits per heavy atom. The molecule has 0 saturated carbocycles. The van der Waals surface area contributed by atoms with E-state index < -0.39 is 0 Å². The molecular weight excluding hydrogens is 216 g/mol. The van der Waals surface area contributed by atoms with Crippen molar-refractivity contribution in [3.8, 4) is 0 Å². The summed E-state index contributed by atoms with van der Waals surface area (Å²) >= 11 is 0. The number of rotatable bonds is 3. The maximum Gasteiger partial charge on any atom is 0.234 e. The quantitative estimate of drug-likeness (QED) is 0.671. The van der Waals surface area contributed by atoms with Gasteiger partial charge in [0.2, 0.25) is 5.91 Å². The zero-order valence-electron chi connectivity index (χ0n) is 11.0. The van der Waals surface area contributed by atoms with Crippen molar-refractivity contribution in [3.05, 3.63) is 0 Å². The van der Waals surface area contributed by atoms with Gasteiger partial charge < -0.3 is 10.6 Å². The standard InChI is InChI=1S/C12H24N4O/c1-12(2,10-15-6-3-13-4-7-15)16-8-5-14-11(17)9-16/h13H,3-10H2,1-2H3,(H,14,17). The van der Waals surface area contributed by atoms with E-state index in [-0.39, 0.29) is 11.4 Å². The van der Waals surface area contributed by atoms with Gasteiger partial charge in [-0.05, 0) is 13.8 Å². The Bertz CT molecular complexity index is 274. The van der Waals surface area contributed by atoms with Crippen LogP contribution in [0.15, 0.2) is 0 Å². The summed E-state index contributed by atoms with van der Waals surface area (Å²) in [4.78, 5) is 16.2. The number of carbonyl (C=O) groups is 1. The van der Waals surface area contributed by atoms with Crippen LogP contribution in [0.1, 0.15) is 13.8 Å². The first-order valence-corrected chi connectivity index (χ1v) is 6.53. The van der Waals surface area contributed by atoms with Gasteiger partial charge >= 0.3 is 0 Å². The number of nitrogens with zero attached hydrogens (tertiary/aromatic N) is 2. The van der Waals surface area contributed by atoms with E-state index >= 15 is 0 Å². The molecular formula is C12H24N4O. The Hall–Kier alpha value is -0.650. The zero-order valence-corrected chi connectivity index (χ0v) is 11.0. The Morgan fingerprint density at radius 2 is 1.88 bits per heavy atom. The predicted octanol–water partition coefficient (Wildman–Crippen LogP) is -0.898. The Balaban J connectivity index is 1.89. The molecule has 0 aliphatic carbocycles. The fraction of sp³-hybridized carbons (Fsp3) is 0.917. The van der Waals surface area contributed by atoms with Gasteiger partial charge in [-0.25, -0.2) is 0 Å². The molecule has 17 heavy (non-hydrogen) atoms. The highest BCUT2D eigenvalue weighted by atomic mass is 16.2. The van der Waals surface area contributed by atoms with Crippen LogP contribution in [0.25, 0.3) is 0 Å². The molecule has 0 aromatic rings. The average Bonchev–Trinajstić information content (AvgIpc) is 2.30. The monoisotopic (exact) mass is 240 g/mol. The van der Waals surface area contributed by atoms with Crippen molar-refractivity contribution in [1.29, 1.82) is 0 Å². The van der Waals surface area contributed by atoms with Crippen LogP contribution in [0.2, 0.25) is 0 Å². The van der Waals surface area contributed by atoms with E-state index in [1.807, 2.05) is 0 Å². The van der Waals surface area contributed by atoms with Gasteiger partial charge in [0.05, 0.1) is 6.54 Å². The third-order valence-electron chi connectivity index (χ3n) is 3.71. The van der Waals surface area contributed by atoms with E-state index in [1.165, 1.54) is 0 Å². The summed E-state index contributed by atoms with van der Waals surface area (Å²) in [5, 5.41) is 6.25. The number of amides is 1. The van der Waals surface area contributed by atoms with Crippen LogP contribution in [0.3, 0.4) is 0 Å². The molecule has 98 valence electrons. The molecule has 1 amide bonds. The van der Waals surface area contributed by atoms with E-state index in [0.717, 1.165) is 45.8 Å². The van der Waals surface area contributed by atoms with Crippen LogP contribution < -0.4 is 10.6 Å². The van der Waals surface area contributed by atoms with Crippen LogP contribution in [-0.4, -0.2) is 73.6 Å². The molecule has 2 rings (SSSR count). The minimum absolute atomic E-state index is 0.0785. The summed E-state index contributed by atoms with van der Waals surface area (Å²) in [5.41, 5.74) is 0.0785. The van der Waals surface area contributed by atoms with E-state index in [0.29, 0.717) is 6.54 Å². The molecule has 5 nitrogen and oxygen atoms in total. The highest BCUT2D eigenvalue weighted by Gasteiger charge is 2.32. The van der Waals surface area contributed by atoms with Gasteiger partial charge in [0, 0.05) is 51.4 Å². The summed E-state index contributed by atoms with van der Waals surface area (Å²) < 4.78 is 0. The second kappa shape index (κ2) is 5.33. The maximum atomic E-state index is 11.4. The molecule has 0 aromatic heterocycles. The van der Waals surface area contributed by atoms with Crippen LogP contribution in [0.5, 0.6) is 0 Å². The topological polar surface area (TPSA) is 47.6 Å². The van der Waals surface area contributed by atoms with Gasteiger partial charge in [-0.2, -0.15) is 0 Å². The van der Waals surface area contributed by atoms with E-state index in [4.69, 9.17) is 0 Å². The third-order valence-corrected chi connectivity index (χ3v) is 3.71. The fourth-order valence-corrected chi connectivity index (χ4v) is 2.67. The summed E-state index contributed by atoms with van der Waals surface area (Å²) in [6.45, 7) is 12.2. The van der Waals surface area contributed by atoms with Gasteiger partial charge in [-0.3, -0.25) is 14.6 Å². The van der Waals surface area contributed by atoms with Crippen LogP contribution in [0, 0.1) is 0 Å². The lowest BCUT2D eigenvalue weighted by Crippen LogP contribution is -2.60. The molecule has 2 saturated heterocycles. The highest BCUT2D eigenvalue weighted by Crippen LogP contribution is 2.17. The van der Waals surface area contributed by atoms with Crippen molar-refractivity contribution in [2.75, 3.05) is 52.4 Å². The molecule has 2 N–H and O–H groups in total. The van der Waals surface area contributed by atoms with Crippen molar-refractivity contribution in [1.82, 2.24) is 20.4 Å². The first-order valence-electron chi connectivity index (χ1n) is 6.53. The fourth-order valence-electron chi connectivity index (χ4n) is 2.67. The Kier molecular flexibility index (Phi) is 4.01. The van der Waals surface area contributed by atoms with E-state index in [2.05, 4.69) is 34.3 Å². The number of nitrogens with one attached hydrogen (secondary N) is 2. The molecule has 2 fully saturated rings. The van der Waals surface area contributed by atoms with Crippen LogP contribution >= 0.6 is 0 Å². The molecule has 2 aliphatic heterocycles. The predicted molar refractivity (Wildman–Crippen MR) is 68.0 cm³/mol. The number of piperazine rings is 2. The van der Waals surface area contributed by atoms with Gasteiger partial charge in [0.1, 0.15) is 0 Å². The molecule has 0 bridgehead atoms. The second-order valence-corrected chi connectivity index (χ2v) is 5.61. The second-order valence-electron chi connectivity index (χ2n) is 5.61. The van der Waals surface area contributed by atoms with E-state index in [1.54, 1.807) is 0 Å². The largest absolute Gasteiger partial charge is 0.354 e. The third kappa shape index (κ3) is 3.40. The summed E-state index contributed by atoms with van der Waals surface area (Å²) in [5.74, 6) is 0.157. The number of hydrogen-bond donors (Lipinski definition) is 2. The minimum atomic E-state index is 0.0785. The first kappa shape index (κ1) is 12.8. The molecule has 0 radical (unpaired) electrons. The van der Waals surface area contributed by atoms with Crippen molar-refractivity contribution in [2.24, 2.45) is 0 Å². The maximum absolute atomic E-state index is 11.4. The van der Waals surface area contributed by atoms with Gasteiger partial charge in [-0.1, -0.05) is 0 Å². The molecule has 2 aliphatic rings. The Labute approximate surface area is 104 Å². The summed E-state index contributed by atoms with van der Waals surface area (Å²) in [6, 6.07) is 0. The molecule has 0 aromatic carbocycles. The average molecular weight is 240 g/mol. The minimum Gasteiger partial charge on any atom is -0.354 e. The first-order chi connectivity index (χ1) is 8.08. The molecule has 0 atom stereocenters. The molecule has 0 spiro atoms. The normalized spacial score (nSPS) is 24.7. The van der Waals surface area contributed by atoms with Crippen molar-refractivity contribution < 1.29 is 4.79 Å². The SMILES string of the molecule is CC(C)(CN1CCNCC1)N1CCNC(=O)C1. The summed E-state index contributed by atoms with van der Waals surface area (Å²) in [7, 11) is 0. The summed E-state index contributed by atoms with van der Waals surface area (Å²) in [6.07, 6.45) is 0. The Morgan fingerprint density at radius 3 is 2.53 bits per heavy atom. The lowest BCUT2D eigenvalue weighted by atomic mass is 10.0. The lowest BCUT2D eigenvalue weighted by molar-refractivity contribution is -0.126. The molecule has 0 unspecified atom stereocenters. The zero-order chi connectivity index (χ0) is 12.3. The van der Waals surface area contributed by atoms with Crippen LogP contribution in [0.4, 0.5) is 0 Å². The van der Waals surface area contributed by atoms with Gasteiger partial charge in [0.15, 0.2) is 0 Å². The van der Waals surface area contributed by atoms with Crippen LogP contribution in [-0.2, 0) is 4.79 Å². The molecule has 2 heterocycles. The highest BCUT2D eigenvalue weighted by molar-refractivity contribution is 5.78. The van der Waals surface area contributed by atoms with Gasteiger partial charge in [-0.15, -0.1) is 0 Å². The lowest BCUT2D eigenvalue weighted by Gasteiger charge is -2.44. The number of carbonyl (C=O) groups excluding carboxylic acids is 1. The van der Waals surface area contributed by atoms with E-state index in [9.17, 15) is 4.79 Å². The smallest absolute Gasteiger partial charge is 0.234 e. The van der Waals surface area contributed by atoms with Gasteiger partial charge in [0.25, 0.3) is 0 Å². The van der Waals surface area contributed by atoms with Crippen molar-refractivity contribution in [3.63, 3.8) is 0 Å².